The average Bonchev–Trinajstić information content (AvgIpc) is 2.75. The summed E-state index contributed by atoms with van der Waals surface area (Å²) in [5, 5.41) is 20.1. The Morgan fingerprint density at radius 2 is 1.43 bits per heavy atom. The third-order valence-electron chi connectivity index (χ3n) is 6.13. The molecule has 2 aliphatic heterocycles. The third-order valence-corrected chi connectivity index (χ3v) is 6.13. The standard InChI is InChI=1S/C24H30O6/c1-13-5-7-17(9-15(13)3)23-27-12-20-22(30-23)21(19(26)11-25)29-24(28-20)18-8-6-14(2)16(4)10-18/h5-10,19-26H,11-12H2,1-4H3/t19-,20+,21-,22-,23-,24+/m1/s1. The van der Waals surface area contributed by atoms with Crippen molar-refractivity contribution in [1.82, 2.24) is 0 Å². The molecular weight excluding hydrogens is 384 g/mol. The zero-order valence-corrected chi connectivity index (χ0v) is 17.9. The molecule has 2 aromatic carbocycles. The Bertz CT molecular complexity index is 895. The highest BCUT2D eigenvalue weighted by atomic mass is 16.8. The quantitative estimate of drug-likeness (QED) is 0.800. The van der Waals surface area contributed by atoms with Crippen LogP contribution in [0, 0.1) is 27.7 Å². The van der Waals surface area contributed by atoms with Gasteiger partial charge < -0.3 is 29.2 Å². The molecular formula is C24H30O6. The molecule has 6 nitrogen and oxygen atoms in total. The van der Waals surface area contributed by atoms with Crippen LogP contribution >= 0.6 is 0 Å². The first-order valence-corrected chi connectivity index (χ1v) is 10.4. The van der Waals surface area contributed by atoms with Gasteiger partial charge in [0, 0.05) is 11.1 Å². The summed E-state index contributed by atoms with van der Waals surface area (Å²) in [5.74, 6) is 0. The van der Waals surface area contributed by atoms with Crippen LogP contribution in [0.15, 0.2) is 36.4 Å². The molecule has 30 heavy (non-hydrogen) atoms. The highest BCUT2D eigenvalue weighted by Crippen LogP contribution is 2.39. The summed E-state index contributed by atoms with van der Waals surface area (Å²) in [6, 6.07) is 12.1. The first-order valence-electron chi connectivity index (χ1n) is 10.4. The monoisotopic (exact) mass is 414 g/mol. The number of hydrogen-bond donors (Lipinski definition) is 2. The van der Waals surface area contributed by atoms with E-state index in [4.69, 9.17) is 18.9 Å². The molecule has 0 aliphatic carbocycles. The molecule has 0 amide bonds. The van der Waals surface area contributed by atoms with Gasteiger partial charge in [0.25, 0.3) is 0 Å². The van der Waals surface area contributed by atoms with Gasteiger partial charge in [-0.3, -0.25) is 0 Å². The lowest BCUT2D eigenvalue weighted by molar-refractivity contribution is -0.373. The van der Waals surface area contributed by atoms with E-state index in [2.05, 4.69) is 6.92 Å². The normalized spacial score (nSPS) is 30.0. The fourth-order valence-electron chi connectivity index (χ4n) is 3.93. The molecule has 0 unspecified atom stereocenters. The van der Waals surface area contributed by atoms with Crippen molar-refractivity contribution in [3.05, 3.63) is 69.8 Å². The molecule has 2 aliphatic rings. The molecule has 6 heteroatoms. The maximum absolute atomic E-state index is 10.5. The number of aliphatic hydroxyl groups excluding tert-OH is 2. The van der Waals surface area contributed by atoms with Crippen LogP contribution in [0.2, 0.25) is 0 Å². The Balaban J connectivity index is 1.57. The second kappa shape index (κ2) is 8.75. The Labute approximate surface area is 177 Å². The van der Waals surface area contributed by atoms with Gasteiger partial charge in [0.15, 0.2) is 12.6 Å². The van der Waals surface area contributed by atoms with Crippen LogP contribution in [0.5, 0.6) is 0 Å². The van der Waals surface area contributed by atoms with Crippen molar-refractivity contribution < 1.29 is 29.2 Å². The second-order valence-electron chi connectivity index (χ2n) is 8.31. The van der Waals surface area contributed by atoms with Crippen molar-refractivity contribution >= 4 is 0 Å². The van der Waals surface area contributed by atoms with Crippen molar-refractivity contribution in [2.24, 2.45) is 0 Å². The first-order chi connectivity index (χ1) is 14.4. The molecule has 2 aromatic rings. The fourth-order valence-corrected chi connectivity index (χ4v) is 3.93. The molecule has 2 saturated heterocycles. The molecule has 6 atom stereocenters. The average molecular weight is 414 g/mol. The van der Waals surface area contributed by atoms with Gasteiger partial charge >= 0.3 is 0 Å². The highest BCUT2D eigenvalue weighted by Gasteiger charge is 2.48. The Morgan fingerprint density at radius 3 is 2.00 bits per heavy atom. The van der Waals surface area contributed by atoms with Gasteiger partial charge in [0.1, 0.15) is 24.4 Å². The van der Waals surface area contributed by atoms with E-state index < -0.39 is 43.6 Å². The Kier molecular flexibility index (Phi) is 6.25. The zero-order chi connectivity index (χ0) is 21.4. The first kappa shape index (κ1) is 21.4. The summed E-state index contributed by atoms with van der Waals surface area (Å²) in [4.78, 5) is 0. The number of aliphatic hydroxyl groups is 2. The summed E-state index contributed by atoms with van der Waals surface area (Å²) in [5.41, 5.74) is 6.43. The zero-order valence-electron chi connectivity index (χ0n) is 17.9. The molecule has 0 saturated carbocycles. The largest absolute Gasteiger partial charge is 0.394 e. The minimum atomic E-state index is -1.09. The van der Waals surface area contributed by atoms with E-state index in [1.807, 2.05) is 57.2 Å². The van der Waals surface area contributed by atoms with E-state index in [1.165, 1.54) is 11.1 Å². The maximum atomic E-state index is 10.5. The van der Waals surface area contributed by atoms with Crippen LogP contribution < -0.4 is 0 Å². The number of rotatable bonds is 4. The van der Waals surface area contributed by atoms with Crippen molar-refractivity contribution in [2.75, 3.05) is 13.2 Å². The molecule has 2 N–H and O–H groups in total. The van der Waals surface area contributed by atoms with E-state index >= 15 is 0 Å². The topological polar surface area (TPSA) is 77.4 Å². The lowest BCUT2D eigenvalue weighted by atomic mass is 9.98. The number of fused-ring (bicyclic) bond motifs is 1. The smallest absolute Gasteiger partial charge is 0.184 e. The summed E-state index contributed by atoms with van der Waals surface area (Å²) in [7, 11) is 0. The van der Waals surface area contributed by atoms with Gasteiger partial charge in [-0.05, 0) is 49.9 Å². The lowest BCUT2D eigenvalue weighted by Gasteiger charge is -2.47. The number of hydrogen-bond acceptors (Lipinski definition) is 6. The predicted octanol–water partition coefficient (Wildman–Crippen LogP) is 3.17. The van der Waals surface area contributed by atoms with E-state index in [0.717, 1.165) is 22.3 Å². The van der Waals surface area contributed by atoms with Gasteiger partial charge in [-0.15, -0.1) is 0 Å². The summed E-state index contributed by atoms with van der Waals surface area (Å²) in [6.45, 7) is 8.07. The molecule has 0 aromatic heterocycles. The van der Waals surface area contributed by atoms with Gasteiger partial charge in [0.2, 0.25) is 0 Å². The number of benzene rings is 2. The Hall–Kier alpha value is -1.80. The van der Waals surface area contributed by atoms with E-state index in [9.17, 15) is 10.2 Å². The second-order valence-corrected chi connectivity index (χ2v) is 8.31. The molecule has 2 heterocycles. The molecule has 4 rings (SSSR count). The molecule has 0 radical (unpaired) electrons. The van der Waals surface area contributed by atoms with E-state index in [1.54, 1.807) is 0 Å². The van der Waals surface area contributed by atoms with Crippen LogP contribution in [0.1, 0.15) is 46.0 Å². The molecule has 0 bridgehead atoms. The van der Waals surface area contributed by atoms with Crippen LogP contribution in [0.4, 0.5) is 0 Å². The van der Waals surface area contributed by atoms with Crippen molar-refractivity contribution in [3.63, 3.8) is 0 Å². The van der Waals surface area contributed by atoms with Crippen LogP contribution in [0.3, 0.4) is 0 Å². The molecule has 2 fully saturated rings. The number of ether oxygens (including phenoxy) is 4. The predicted molar refractivity (Wildman–Crippen MR) is 111 cm³/mol. The lowest BCUT2D eigenvalue weighted by Crippen LogP contribution is -2.58. The molecule has 162 valence electrons. The van der Waals surface area contributed by atoms with Crippen LogP contribution in [-0.2, 0) is 18.9 Å². The van der Waals surface area contributed by atoms with Crippen molar-refractivity contribution in [3.8, 4) is 0 Å². The molecule has 0 spiro atoms. The van der Waals surface area contributed by atoms with Crippen LogP contribution in [-0.4, -0.2) is 47.8 Å². The third kappa shape index (κ3) is 4.17. The summed E-state index contributed by atoms with van der Waals surface area (Å²) in [6.07, 6.45) is -4.05. The highest BCUT2D eigenvalue weighted by molar-refractivity contribution is 5.32. The fraction of sp³-hybridized carbons (Fsp3) is 0.500. The minimum absolute atomic E-state index is 0.307. The van der Waals surface area contributed by atoms with Crippen molar-refractivity contribution in [2.45, 2.75) is 64.7 Å². The summed E-state index contributed by atoms with van der Waals surface area (Å²) >= 11 is 0. The van der Waals surface area contributed by atoms with Crippen molar-refractivity contribution in [1.29, 1.82) is 0 Å². The minimum Gasteiger partial charge on any atom is -0.394 e. The SMILES string of the molecule is Cc1ccc([C@@H]2OC[C@@H]3O[C@H](c4ccc(C)c(C)c4)O[C@H]([C@H](O)CO)[C@@H]3O2)cc1C. The Morgan fingerprint density at radius 1 is 0.833 bits per heavy atom. The van der Waals surface area contributed by atoms with E-state index in [-0.39, 0.29) is 0 Å². The van der Waals surface area contributed by atoms with Gasteiger partial charge in [-0.25, -0.2) is 0 Å². The number of aryl methyl sites for hydroxylation is 4. The van der Waals surface area contributed by atoms with Crippen LogP contribution in [0.25, 0.3) is 0 Å². The van der Waals surface area contributed by atoms with E-state index in [0.29, 0.717) is 6.61 Å². The van der Waals surface area contributed by atoms with Gasteiger partial charge in [-0.2, -0.15) is 0 Å². The van der Waals surface area contributed by atoms with Gasteiger partial charge in [0.05, 0.1) is 13.2 Å². The summed E-state index contributed by atoms with van der Waals surface area (Å²) < 4.78 is 24.4. The maximum Gasteiger partial charge on any atom is 0.184 e. The van der Waals surface area contributed by atoms with Gasteiger partial charge in [-0.1, -0.05) is 36.4 Å².